The number of aryl methyl sites for hydroxylation is 1. The minimum absolute atomic E-state index is 0.189. The summed E-state index contributed by atoms with van der Waals surface area (Å²) in [5.74, 6) is 0. The van der Waals surface area contributed by atoms with Crippen molar-refractivity contribution >= 4 is 110 Å². The van der Waals surface area contributed by atoms with Gasteiger partial charge < -0.3 is 14.1 Å². The lowest BCUT2D eigenvalue weighted by atomic mass is 9.43. The Morgan fingerprint density at radius 2 is 1.20 bits per heavy atom. The van der Waals surface area contributed by atoms with Gasteiger partial charge in [0, 0.05) is 84.3 Å². The van der Waals surface area contributed by atoms with Crippen molar-refractivity contribution in [3.8, 4) is 22.3 Å². The minimum Gasteiger partial charge on any atom is -0.456 e. The van der Waals surface area contributed by atoms with Gasteiger partial charge in [-0.25, -0.2) is 0 Å². The van der Waals surface area contributed by atoms with Crippen molar-refractivity contribution < 1.29 is 4.42 Å². The Bertz CT molecular complexity index is 4050. The van der Waals surface area contributed by atoms with Crippen LogP contribution in [0.15, 0.2) is 242 Å². The number of thiophene rings is 1. The first-order valence-corrected chi connectivity index (χ1v) is 27.0. The molecule has 0 aliphatic carbocycles. The second kappa shape index (κ2) is 15.4. The maximum atomic E-state index is 6.91. The van der Waals surface area contributed by atoms with Gasteiger partial charge in [0.1, 0.15) is 11.2 Å². The van der Waals surface area contributed by atoms with Crippen molar-refractivity contribution in [2.75, 3.05) is 9.71 Å². The summed E-state index contributed by atoms with van der Waals surface area (Å²) >= 11 is 1.94. The Labute approximate surface area is 413 Å². The van der Waals surface area contributed by atoms with Gasteiger partial charge in [-0.3, -0.25) is 0 Å². The molecule has 3 aliphatic rings. The molecule has 0 saturated carbocycles. The van der Waals surface area contributed by atoms with Crippen LogP contribution in [0.25, 0.3) is 64.4 Å². The van der Waals surface area contributed by atoms with Gasteiger partial charge >= 0.3 is 6.85 Å². The lowest BCUT2D eigenvalue weighted by molar-refractivity contribution is 0.669. The highest BCUT2D eigenvalue weighted by Crippen LogP contribution is 2.80. The van der Waals surface area contributed by atoms with Gasteiger partial charge in [0.25, 0.3) is 0 Å². The van der Waals surface area contributed by atoms with Crippen molar-refractivity contribution in [1.29, 1.82) is 0 Å². The zero-order valence-electron chi connectivity index (χ0n) is 38.6. The van der Waals surface area contributed by atoms with Crippen LogP contribution in [0.4, 0.5) is 28.4 Å². The van der Waals surface area contributed by atoms with Crippen LogP contribution in [0.5, 0.6) is 0 Å². The van der Waals surface area contributed by atoms with Gasteiger partial charge in [-0.15, -0.1) is 21.4 Å². The number of unbranched alkanes of at least 4 members (excludes halogenated alkanes) is 1. The summed E-state index contributed by atoms with van der Waals surface area (Å²) in [7, 11) is -2.01. The molecule has 0 atom stereocenters. The Morgan fingerprint density at radius 1 is 0.514 bits per heavy atom. The van der Waals surface area contributed by atoms with E-state index >= 15 is 0 Å². The summed E-state index contributed by atoms with van der Waals surface area (Å²) in [6.45, 7) is 2.10. The number of fused-ring (bicyclic) bond motifs is 13. The zero-order valence-corrected chi connectivity index (χ0v) is 40.2. The second-order valence-corrected chi connectivity index (χ2v) is 23.1. The molecule has 70 heavy (non-hydrogen) atoms. The van der Waals surface area contributed by atoms with Gasteiger partial charge in [-0.1, -0.05) is 147 Å². The maximum absolute atomic E-state index is 6.91. The third-order valence-corrected chi connectivity index (χ3v) is 20.4. The number of furan rings is 1. The highest BCUT2D eigenvalue weighted by atomic mass is 32.3. The van der Waals surface area contributed by atoms with E-state index < -0.39 is 10.0 Å². The average molecular weight is 933 g/mol. The third kappa shape index (κ3) is 5.49. The number of hydrogen-bond donors (Lipinski definition) is 0. The molecule has 0 saturated heterocycles. The van der Waals surface area contributed by atoms with Crippen molar-refractivity contribution in [3.63, 3.8) is 0 Å². The molecule has 3 aliphatic heterocycles. The van der Waals surface area contributed by atoms with E-state index in [1.165, 1.54) is 107 Å². The van der Waals surface area contributed by atoms with Crippen LogP contribution in [-0.2, 0) is 6.42 Å². The van der Waals surface area contributed by atoms with Crippen LogP contribution < -0.4 is 20.6 Å². The summed E-state index contributed by atoms with van der Waals surface area (Å²) in [5.41, 5.74) is 16.9. The predicted molar refractivity (Wildman–Crippen MR) is 298 cm³/mol. The number of nitrogens with zero attached hydrogens (tertiary/aromatic N) is 2. The topological polar surface area (TPSA) is 19.6 Å². The maximum Gasteiger partial charge on any atom is 0.333 e. The molecule has 332 valence electrons. The summed E-state index contributed by atoms with van der Waals surface area (Å²) in [6.07, 6.45) is 3.35. The molecule has 0 bridgehead atoms. The molecule has 12 aromatic rings. The molecule has 0 N–H and O–H groups in total. The minimum atomic E-state index is -2.01. The molecule has 3 nitrogen and oxygen atoms in total. The SMILES string of the molecule is CCCCc1ccc(N2c3cc4c(cc3B3c5c2cc2c(sc6ccccc62)c5-c2cccc5c2N3c2ccccc2S5(c2ccccc2)c2ccccc2)oc2ccccc24)c(-c2ccccc2)c1. The number of hydrogen-bond acceptors (Lipinski definition) is 4. The smallest absolute Gasteiger partial charge is 0.333 e. The zero-order chi connectivity index (χ0) is 46.1. The molecule has 0 radical (unpaired) electrons. The van der Waals surface area contributed by atoms with Gasteiger partial charge in [0.15, 0.2) is 0 Å². The van der Waals surface area contributed by atoms with Crippen molar-refractivity contribution in [2.24, 2.45) is 0 Å². The number of para-hydroxylation sites is 3. The van der Waals surface area contributed by atoms with Crippen LogP contribution in [0.2, 0.25) is 0 Å². The second-order valence-electron chi connectivity index (χ2n) is 19.0. The van der Waals surface area contributed by atoms with Gasteiger partial charge in [-0.05, 0) is 120 Å². The van der Waals surface area contributed by atoms with E-state index in [9.17, 15) is 0 Å². The van der Waals surface area contributed by atoms with Crippen molar-refractivity contribution in [3.05, 3.63) is 224 Å². The van der Waals surface area contributed by atoms with Crippen LogP contribution in [0.1, 0.15) is 25.3 Å². The predicted octanol–water partition coefficient (Wildman–Crippen LogP) is 17.3. The summed E-state index contributed by atoms with van der Waals surface area (Å²) in [5, 5.41) is 4.84. The van der Waals surface area contributed by atoms with Gasteiger partial charge in [-0.2, -0.15) is 0 Å². The van der Waals surface area contributed by atoms with E-state index in [0.717, 1.165) is 41.2 Å². The Hall–Kier alpha value is -7.77. The molecular weight excluding hydrogens is 888 g/mol. The highest BCUT2D eigenvalue weighted by molar-refractivity contribution is 8.34. The highest BCUT2D eigenvalue weighted by Gasteiger charge is 2.52. The summed E-state index contributed by atoms with van der Waals surface area (Å²) in [6, 6.07) is 82.6. The van der Waals surface area contributed by atoms with E-state index in [4.69, 9.17) is 4.42 Å². The summed E-state index contributed by atoms with van der Waals surface area (Å²) in [4.78, 5) is 10.8. The fraction of sp³-hybridized carbons (Fsp3) is 0.0625. The quantitative estimate of drug-likeness (QED) is 0.149. The first-order chi connectivity index (χ1) is 34.7. The van der Waals surface area contributed by atoms with Crippen LogP contribution in [-0.4, -0.2) is 6.85 Å². The Kier molecular flexibility index (Phi) is 8.82. The number of rotatable bonds is 7. The largest absolute Gasteiger partial charge is 0.456 e. The number of anilines is 5. The van der Waals surface area contributed by atoms with Gasteiger partial charge in [0.2, 0.25) is 0 Å². The van der Waals surface area contributed by atoms with Crippen molar-refractivity contribution in [2.45, 2.75) is 45.8 Å². The molecule has 5 heterocycles. The average Bonchev–Trinajstić information content (AvgIpc) is 4.00. The molecule has 2 aromatic heterocycles. The van der Waals surface area contributed by atoms with E-state index in [2.05, 4.69) is 235 Å². The first-order valence-electron chi connectivity index (χ1n) is 24.6. The molecular formula is C64H45BN2OS2. The fourth-order valence-electron chi connectivity index (χ4n) is 12.3. The Morgan fingerprint density at radius 3 is 2.00 bits per heavy atom. The molecule has 15 rings (SSSR count). The van der Waals surface area contributed by atoms with Gasteiger partial charge in [0.05, 0.1) is 11.4 Å². The van der Waals surface area contributed by atoms with E-state index in [0.29, 0.717) is 0 Å². The first kappa shape index (κ1) is 40.2. The molecule has 0 spiro atoms. The molecule has 6 heteroatoms. The third-order valence-electron chi connectivity index (χ3n) is 15.2. The van der Waals surface area contributed by atoms with E-state index in [-0.39, 0.29) is 6.85 Å². The van der Waals surface area contributed by atoms with E-state index in [1.54, 1.807) is 0 Å². The van der Waals surface area contributed by atoms with Crippen LogP contribution >= 0.6 is 21.4 Å². The summed E-state index contributed by atoms with van der Waals surface area (Å²) < 4.78 is 9.55. The van der Waals surface area contributed by atoms with Crippen LogP contribution in [0.3, 0.4) is 0 Å². The molecule has 0 unspecified atom stereocenters. The van der Waals surface area contributed by atoms with Crippen molar-refractivity contribution in [1.82, 2.24) is 0 Å². The normalized spacial score (nSPS) is 14.4. The standard InChI is InChI=1S/C64H45BN2OS2/c1-2-3-20-41-35-36-52(48(37-41)42-21-7-4-8-22-42)66-54-38-49-45-27-13-16-31-56(45)68-57(49)40-51(54)65-62-55(66)39-50-46-28-14-17-32-58(46)69-64(50)61(62)47-29-19-34-60-63(47)67(65)53-30-15-18-33-59(53)70(60,43-23-9-5-10-24-43)44-25-11-6-12-26-44/h4-19,21-40H,2-3,20H2,1H3. The van der Waals surface area contributed by atoms with Crippen LogP contribution in [0, 0.1) is 0 Å². The lowest BCUT2D eigenvalue weighted by Crippen LogP contribution is -2.62. The number of benzene rings is 10. The monoisotopic (exact) mass is 932 g/mol. The molecule has 0 amide bonds. The molecule has 0 fully saturated rings. The Balaban J connectivity index is 1.14. The molecule has 10 aromatic carbocycles. The lowest BCUT2D eigenvalue weighted by Gasteiger charge is -2.54. The van der Waals surface area contributed by atoms with E-state index in [1.807, 2.05) is 11.3 Å². The fourth-order valence-corrected chi connectivity index (χ4v) is 17.7.